The highest BCUT2D eigenvalue weighted by molar-refractivity contribution is 7.99. The largest absolute Gasteiger partial charge is 0.417 e. The van der Waals surface area contributed by atoms with E-state index in [9.17, 15) is 28.1 Å². The van der Waals surface area contributed by atoms with Gasteiger partial charge in [-0.2, -0.15) is 13.2 Å². The average Bonchev–Trinajstić information content (AvgIpc) is 2.59. The van der Waals surface area contributed by atoms with E-state index in [4.69, 9.17) is 0 Å². The molecule has 1 aromatic heterocycles. The van der Waals surface area contributed by atoms with E-state index >= 15 is 0 Å². The number of nitrogens with one attached hydrogen (secondary N) is 1. The molecule has 0 aliphatic carbocycles. The van der Waals surface area contributed by atoms with Crippen molar-refractivity contribution in [3.05, 3.63) is 63.8 Å². The van der Waals surface area contributed by atoms with Crippen molar-refractivity contribution in [3.8, 4) is 0 Å². The number of nitrogens with zero attached hydrogens (tertiary/aromatic N) is 2. The molecule has 1 amide bonds. The third-order valence-corrected chi connectivity index (χ3v) is 4.44. The molecular weight excluding hydrogens is 407 g/mol. The highest BCUT2D eigenvalue weighted by atomic mass is 32.2. The molecule has 154 valence electrons. The molecule has 0 unspecified atom stereocenters. The predicted octanol–water partition coefficient (Wildman–Crippen LogP) is 5.09. The first-order chi connectivity index (χ1) is 13.3. The van der Waals surface area contributed by atoms with Crippen molar-refractivity contribution in [1.82, 2.24) is 10.3 Å². The van der Waals surface area contributed by atoms with E-state index in [1.54, 1.807) is 0 Å². The van der Waals surface area contributed by atoms with Crippen LogP contribution in [0.2, 0.25) is 0 Å². The van der Waals surface area contributed by atoms with Gasteiger partial charge in [0.25, 0.3) is 5.69 Å². The van der Waals surface area contributed by atoms with Crippen LogP contribution in [0.15, 0.2) is 52.5 Å². The molecule has 29 heavy (non-hydrogen) atoms. The molecular formula is C19H18F3N3O3S. The number of carbonyl (C=O) groups excluding carboxylic acids is 1. The molecule has 2 rings (SSSR count). The number of nitro benzene ring substituents is 1. The van der Waals surface area contributed by atoms with Crippen molar-refractivity contribution < 1.29 is 22.9 Å². The van der Waals surface area contributed by atoms with Gasteiger partial charge in [0.2, 0.25) is 5.91 Å². The van der Waals surface area contributed by atoms with E-state index < -0.39 is 22.2 Å². The number of halogens is 3. The summed E-state index contributed by atoms with van der Waals surface area (Å²) in [4.78, 5) is 26.8. The molecule has 0 aliphatic heterocycles. The van der Waals surface area contributed by atoms with E-state index in [-0.39, 0.29) is 16.6 Å². The van der Waals surface area contributed by atoms with Gasteiger partial charge in [-0.15, -0.1) is 0 Å². The molecule has 1 aromatic carbocycles. The lowest BCUT2D eigenvalue weighted by atomic mass is 10.1. The fraction of sp³-hybridized carbons (Fsp3) is 0.263. The van der Waals surface area contributed by atoms with Crippen LogP contribution in [-0.4, -0.2) is 21.4 Å². The number of nitro groups is 1. The Labute approximate surface area is 169 Å². The smallest absolute Gasteiger partial charge is 0.348 e. The molecule has 1 heterocycles. The minimum Gasteiger partial charge on any atom is -0.348 e. The van der Waals surface area contributed by atoms with Crippen LogP contribution in [0.3, 0.4) is 0 Å². The molecule has 0 saturated heterocycles. The van der Waals surface area contributed by atoms with E-state index in [1.165, 1.54) is 36.4 Å². The summed E-state index contributed by atoms with van der Waals surface area (Å²) < 4.78 is 38.0. The first kappa shape index (κ1) is 22.4. The maximum Gasteiger partial charge on any atom is 0.417 e. The monoisotopic (exact) mass is 425 g/mol. The molecule has 2 aromatic rings. The number of aromatic nitrogens is 1. The van der Waals surface area contributed by atoms with Gasteiger partial charge in [0.1, 0.15) is 5.03 Å². The summed E-state index contributed by atoms with van der Waals surface area (Å²) in [7, 11) is 0. The van der Waals surface area contributed by atoms with Crippen molar-refractivity contribution in [2.45, 2.75) is 42.4 Å². The number of amides is 1. The lowest BCUT2D eigenvalue weighted by molar-refractivity contribution is -0.384. The molecule has 0 radical (unpaired) electrons. The van der Waals surface area contributed by atoms with Crippen LogP contribution in [0.1, 0.15) is 31.9 Å². The molecule has 0 atom stereocenters. The van der Waals surface area contributed by atoms with Gasteiger partial charge in [-0.25, -0.2) is 4.98 Å². The second-order valence-electron chi connectivity index (χ2n) is 7.04. The van der Waals surface area contributed by atoms with Gasteiger partial charge < -0.3 is 5.32 Å². The number of hydrogen-bond donors (Lipinski definition) is 1. The zero-order valence-electron chi connectivity index (χ0n) is 15.8. The molecule has 6 nitrogen and oxygen atoms in total. The average molecular weight is 425 g/mol. The summed E-state index contributed by atoms with van der Waals surface area (Å²) in [6.07, 6.45) is -1.10. The second kappa shape index (κ2) is 8.64. The summed E-state index contributed by atoms with van der Waals surface area (Å²) in [5.74, 6) is -0.382. The summed E-state index contributed by atoms with van der Waals surface area (Å²) in [5, 5.41) is 14.1. The predicted molar refractivity (Wildman–Crippen MR) is 103 cm³/mol. The third kappa shape index (κ3) is 6.90. The Bertz CT molecular complexity index is 936. The molecule has 0 spiro atoms. The van der Waals surface area contributed by atoms with Crippen molar-refractivity contribution in [2.24, 2.45) is 0 Å². The maximum atomic E-state index is 12.7. The minimum absolute atomic E-state index is 0.175. The van der Waals surface area contributed by atoms with Crippen LogP contribution in [0, 0.1) is 10.1 Å². The molecule has 1 N–H and O–H groups in total. The number of pyridine rings is 1. The van der Waals surface area contributed by atoms with Gasteiger partial charge in [-0.05, 0) is 50.6 Å². The third-order valence-electron chi connectivity index (χ3n) is 3.39. The van der Waals surface area contributed by atoms with Crippen LogP contribution >= 0.6 is 11.8 Å². The Morgan fingerprint density at radius 3 is 2.41 bits per heavy atom. The number of carbonyl (C=O) groups is 1. The fourth-order valence-corrected chi connectivity index (χ4v) is 3.02. The summed E-state index contributed by atoms with van der Waals surface area (Å²) in [6.45, 7) is 5.43. The maximum absolute atomic E-state index is 12.7. The highest BCUT2D eigenvalue weighted by Gasteiger charge is 2.30. The quantitative estimate of drug-likeness (QED) is 0.410. The Hall–Kier alpha value is -2.88. The lowest BCUT2D eigenvalue weighted by Gasteiger charge is -2.19. The van der Waals surface area contributed by atoms with Crippen LogP contribution in [-0.2, 0) is 11.0 Å². The fourth-order valence-electron chi connectivity index (χ4n) is 2.17. The zero-order chi connectivity index (χ0) is 21.8. The van der Waals surface area contributed by atoms with Gasteiger partial charge in [0, 0.05) is 34.8 Å². The Balaban J connectivity index is 2.31. The van der Waals surface area contributed by atoms with Crippen molar-refractivity contribution in [3.63, 3.8) is 0 Å². The van der Waals surface area contributed by atoms with Gasteiger partial charge in [-0.1, -0.05) is 11.8 Å². The van der Waals surface area contributed by atoms with Crippen LogP contribution in [0.25, 0.3) is 6.08 Å². The number of non-ortho nitro benzene ring substituents is 1. The molecule has 0 fully saturated rings. The van der Waals surface area contributed by atoms with Gasteiger partial charge >= 0.3 is 6.18 Å². The Morgan fingerprint density at radius 1 is 1.21 bits per heavy atom. The molecule has 0 aliphatic rings. The molecule has 10 heteroatoms. The number of benzene rings is 1. The van der Waals surface area contributed by atoms with E-state index in [1.807, 2.05) is 20.8 Å². The van der Waals surface area contributed by atoms with Gasteiger partial charge in [-0.3, -0.25) is 14.9 Å². The topological polar surface area (TPSA) is 85.1 Å². The van der Waals surface area contributed by atoms with Crippen molar-refractivity contribution in [1.29, 1.82) is 0 Å². The lowest BCUT2D eigenvalue weighted by Crippen LogP contribution is -2.39. The van der Waals surface area contributed by atoms with E-state index in [2.05, 4.69) is 10.3 Å². The minimum atomic E-state index is -4.49. The molecule has 0 saturated carbocycles. The van der Waals surface area contributed by atoms with E-state index in [0.717, 1.165) is 24.0 Å². The second-order valence-corrected chi connectivity index (χ2v) is 8.10. The molecule has 0 bridgehead atoms. The Morgan fingerprint density at radius 2 is 1.90 bits per heavy atom. The first-order valence-corrected chi connectivity index (χ1v) is 9.16. The first-order valence-electron chi connectivity index (χ1n) is 8.35. The van der Waals surface area contributed by atoms with Crippen molar-refractivity contribution in [2.75, 3.05) is 0 Å². The highest BCUT2D eigenvalue weighted by Crippen LogP contribution is 2.34. The summed E-state index contributed by atoms with van der Waals surface area (Å²) in [5.41, 5.74) is -1.13. The number of alkyl halides is 3. The summed E-state index contributed by atoms with van der Waals surface area (Å²) in [6, 6.07) is 6.15. The normalized spacial score (nSPS) is 12.2. The Kier molecular flexibility index (Phi) is 6.68. The number of rotatable bonds is 5. The van der Waals surface area contributed by atoms with Crippen LogP contribution < -0.4 is 5.32 Å². The van der Waals surface area contributed by atoms with Gasteiger partial charge in [0.15, 0.2) is 0 Å². The standard InChI is InChI=1S/C19H18F3N3O3S/c1-18(2,3)24-16(26)8-4-12-10-14(25(27)28)6-7-15(12)29-17-9-5-13(11-23-17)19(20,21)22/h4-11H,1-3H3,(H,24,26). The van der Waals surface area contributed by atoms with E-state index in [0.29, 0.717) is 10.5 Å². The van der Waals surface area contributed by atoms with Crippen LogP contribution in [0.5, 0.6) is 0 Å². The van der Waals surface area contributed by atoms with Crippen LogP contribution in [0.4, 0.5) is 18.9 Å². The SMILES string of the molecule is CC(C)(C)NC(=O)C=Cc1cc([N+](=O)[O-])ccc1Sc1ccc(C(F)(F)F)cn1. The number of hydrogen-bond acceptors (Lipinski definition) is 5. The summed E-state index contributed by atoms with van der Waals surface area (Å²) >= 11 is 1.03. The van der Waals surface area contributed by atoms with Crippen molar-refractivity contribution >= 4 is 29.4 Å². The zero-order valence-corrected chi connectivity index (χ0v) is 16.6. The van der Waals surface area contributed by atoms with Gasteiger partial charge in [0.05, 0.1) is 10.5 Å².